The summed E-state index contributed by atoms with van der Waals surface area (Å²) >= 11 is 6.40. The van der Waals surface area contributed by atoms with Gasteiger partial charge in [0, 0.05) is 17.3 Å². The SMILES string of the molecule is Cc1ccccc1NC(=O)/C=C\c1c(C)nn(-c2ccc(F)cc2)c1Cl. The molecule has 0 aliphatic carbocycles. The number of halogens is 2. The van der Waals surface area contributed by atoms with Crippen molar-refractivity contribution in [3.8, 4) is 5.69 Å². The van der Waals surface area contributed by atoms with Crippen LogP contribution in [0.1, 0.15) is 16.8 Å². The fourth-order valence-electron chi connectivity index (χ4n) is 2.50. The molecule has 0 radical (unpaired) electrons. The Hall–Kier alpha value is -2.92. The molecule has 0 fully saturated rings. The first-order valence-electron chi connectivity index (χ1n) is 8.01. The van der Waals surface area contributed by atoms with Crippen molar-refractivity contribution in [2.45, 2.75) is 13.8 Å². The van der Waals surface area contributed by atoms with E-state index < -0.39 is 0 Å². The number of hydrogen-bond acceptors (Lipinski definition) is 2. The van der Waals surface area contributed by atoms with Crippen molar-refractivity contribution in [1.29, 1.82) is 0 Å². The molecular weight excluding hydrogens is 353 g/mol. The zero-order chi connectivity index (χ0) is 18.7. The van der Waals surface area contributed by atoms with E-state index in [1.54, 1.807) is 25.1 Å². The molecule has 0 spiro atoms. The predicted octanol–water partition coefficient (Wildman–Crippen LogP) is 4.93. The van der Waals surface area contributed by atoms with E-state index in [4.69, 9.17) is 11.6 Å². The molecule has 0 atom stereocenters. The van der Waals surface area contributed by atoms with Gasteiger partial charge in [0.1, 0.15) is 11.0 Å². The average Bonchev–Trinajstić information content (AvgIpc) is 2.90. The van der Waals surface area contributed by atoms with Gasteiger partial charge in [0.15, 0.2) is 0 Å². The highest BCUT2D eigenvalue weighted by molar-refractivity contribution is 6.31. The number of benzene rings is 2. The first-order chi connectivity index (χ1) is 12.5. The molecular formula is C20H17ClFN3O. The number of para-hydroxylation sites is 1. The number of anilines is 1. The molecule has 4 nitrogen and oxygen atoms in total. The second-order valence-corrected chi connectivity index (χ2v) is 6.17. The van der Waals surface area contributed by atoms with Crippen LogP contribution in [-0.2, 0) is 4.79 Å². The molecule has 0 aliphatic heterocycles. The normalized spacial score (nSPS) is 11.1. The summed E-state index contributed by atoms with van der Waals surface area (Å²) in [5.74, 6) is -0.592. The summed E-state index contributed by atoms with van der Waals surface area (Å²) in [6.07, 6.45) is 3.04. The topological polar surface area (TPSA) is 46.9 Å². The van der Waals surface area contributed by atoms with Crippen LogP contribution < -0.4 is 5.32 Å². The average molecular weight is 370 g/mol. The summed E-state index contributed by atoms with van der Waals surface area (Å²) in [5, 5.41) is 7.55. The maximum absolute atomic E-state index is 13.1. The Labute approximate surface area is 155 Å². The molecule has 0 saturated carbocycles. The van der Waals surface area contributed by atoms with Crippen molar-refractivity contribution in [2.24, 2.45) is 0 Å². The lowest BCUT2D eigenvalue weighted by molar-refractivity contribution is -0.111. The Morgan fingerprint density at radius 2 is 1.85 bits per heavy atom. The largest absolute Gasteiger partial charge is 0.322 e. The van der Waals surface area contributed by atoms with Crippen molar-refractivity contribution < 1.29 is 9.18 Å². The highest BCUT2D eigenvalue weighted by Gasteiger charge is 2.13. The van der Waals surface area contributed by atoms with Crippen LogP contribution in [-0.4, -0.2) is 15.7 Å². The Bertz CT molecular complexity index is 977. The van der Waals surface area contributed by atoms with Crippen LogP contribution in [0.25, 0.3) is 11.8 Å². The molecule has 3 aromatic rings. The highest BCUT2D eigenvalue weighted by Crippen LogP contribution is 2.25. The van der Waals surface area contributed by atoms with Crippen LogP contribution in [0.2, 0.25) is 5.15 Å². The van der Waals surface area contributed by atoms with Crippen LogP contribution in [0.5, 0.6) is 0 Å². The van der Waals surface area contributed by atoms with E-state index in [1.807, 2.05) is 31.2 Å². The molecule has 132 valence electrons. The van der Waals surface area contributed by atoms with E-state index in [1.165, 1.54) is 22.9 Å². The summed E-state index contributed by atoms with van der Waals surface area (Å²) in [5.41, 5.74) is 3.68. The summed E-state index contributed by atoms with van der Waals surface area (Å²) in [6.45, 7) is 3.72. The molecule has 1 N–H and O–H groups in total. The van der Waals surface area contributed by atoms with E-state index in [0.29, 0.717) is 22.1 Å². The number of rotatable bonds is 4. The highest BCUT2D eigenvalue weighted by atomic mass is 35.5. The van der Waals surface area contributed by atoms with E-state index in [9.17, 15) is 9.18 Å². The van der Waals surface area contributed by atoms with Crippen LogP contribution in [0.4, 0.5) is 10.1 Å². The predicted molar refractivity (Wildman–Crippen MR) is 102 cm³/mol. The van der Waals surface area contributed by atoms with Gasteiger partial charge in [-0.3, -0.25) is 4.79 Å². The number of hydrogen-bond donors (Lipinski definition) is 1. The standard InChI is InChI=1S/C20H17ClFN3O/c1-13-5-3-4-6-18(13)23-19(26)12-11-17-14(2)24-25(20(17)21)16-9-7-15(22)8-10-16/h3-12H,1-2H3,(H,23,26)/b12-11-. The van der Waals surface area contributed by atoms with Crippen LogP contribution in [0.3, 0.4) is 0 Å². The zero-order valence-corrected chi connectivity index (χ0v) is 15.1. The van der Waals surface area contributed by atoms with Crippen molar-refractivity contribution in [3.05, 3.63) is 82.4 Å². The molecule has 26 heavy (non-hydrogen) atoms. The second kappa shape index (κ2) is 7.54. The lowest BCUT2D eigenvalue weighted by Crippen LogP contribution is -2.08. The summed E-state index contributed by atoms with van der Waals surface area (Å²) in [7, 11) is 0. The summed E-state index contributed by atoms with van der Waals surface area (Å²) < 4.78 is 14.6. The molecule has 3 rings (SSSR count). The van der Waals surface area contributed by atoms with E-state index in [-0.39, 0.29) is 11.7 Å². The van der Waals surface area contributed by atoms with Crippen molar-refractivity contribution >= 4 is 29.3 Å². The zero-order valence-electron chi connectivity index (χ0n) is 14.3. The number of carbonyl (C=O) groups is 1. The number of nitrogens with one attached hydrogen (secondary N) is 1. The maximum Gasteiger partial charge on any atom is 0.248 e. The van der Waals surface area contributed by atoms with Gasteiger partial charge >= 0.3 is 0 Å². The number of carbonyl (C=O) groups excluding carboxylic acids is 1. The fraction of sp³-hybridized carbons (Fsp3) is 0.100. The Morgan fingerprint density at radius 1 is 1.15 bits per heavy atom. The van der Waals surface area contributed by atoms with E-state index in [2.05, 4.69) is 10.4 Å². The lowest BCUT2D eigenvalue weighted by atomic mass is 10.2. The first kappa shape index (κ1) is 17.9. The summed E-state index contributed by atoms with van der Waals surface area (Å²) in [6, 6.07) is 13.4. The van der Waals surface area contributed by atoms with E-state index >= 15 is 0 Å². The molecule has 0 unspecified atom stereocenters. The lowest BCUT2D eigenvalue weighted by Gasteiger charge is -2.05. The quantitative estimate of drug-likeness (QED) is 0.662. The summed E-state index contributed by atoms with van der Waals surface area (Å²) in [4.78, 5) is 12.2. The minimum absolute atomic E-state index is 0.260. The van der Waals surface area contributed by atoms with Crippen LogP contribution in [0, 0.1) is 19.7 Å². The van der Waals surface area contributed by atoms with Gasteiger partial charge in [-0.05, 0) is 55.8 Å². The molecule has 2 aromatic carbocycles. The third kappa shape index (κ3) is 3.83. The molecule has 1 aromatic heterocycles. The number of aryl methyl sites for hydroxylation is 2. The number of amides is 1. The van der Waals surface area contributed by atoms with E-state index in [0.717, 1.165) is 11.3 Å². The Morgan fingerprint density at radius 3 is 2.54 bits per heavy atom. The van der Waals surface area contributed by atoms with Gasteiger partial charge in [0.25, 0.3) is 0 Å². The second-order valence-electron chi connectivity index (χ2n) is 5.82. The van der Waals surface area contributed by atoms with Gasteiger partial charge in [0.2, 0.25) is 5.91 Å². The number of nitrogens with zero attached hydrogens (tertiary/aromatic N) is 2. The van der Waals surface area contributed by atoms with Crippen LogP contribution >= 0.6 is 11.6 Å². The molecule has 1 heterocycles. The van der Waals surface area contributed by atoms with Gasteiger partial charge in [-0.15, -0.1) is 0 Å². The Balaban J connectivity index is 1.81. The third-order valence-corrected chi connectivity index (χ3v) is 4.29. The van der Waals surface area contributed by atoms with Gasteiger partial charge in [0.05, 0.1) is 11.4 Å². The van der Waals surface area contributed by atoms with Crippen LogP contribution in [0.15, 0.2) is 54.6 Å². The van der Waals surface area contributed by atoms with Gasteiger partial charge in [-0.1, -0.05) is 29.8 Å². The minimum atomic E-state index is -0.332. The molecule has 0 bridgehead atoms. The smallest absolute Gasteiger partial charge is 0.248 e. The van der Waals surface area contributed by atoms with Crippen molar-refractivity contribution in [1.82, 2.24) is 9.78 Å². The Kier molecular flexibility index (Phi) is 5.19. The van der Waals surface area contributed by atoms with Gasteiger partial charge in [-0.2, -0.15) is 5.10 Å². The van der Waals surface area contributed by atoms with Crippen molar-refractivity contribution in [3.63, 3.8) is 0 Å². The minimum Gasteiger partial charge on any atom is -0.322 e. The molecule has 6 heteroatoms. The third-order valence-electron chi connectivity index (χ3n) is 3.92. The molecule has 0 aliphatic rings. The fourth-order valence-corrected chi connectivity index (χ4v) is 2.84. The molecule has 0 saturated heterocycles. The van der Waals surface area contributed by atoms with Gasteiger partial charge < -0.3 is 5.32 Å². The van der Waals surface area contributed by atoms with Gasteiger partial charge in [-0.25, -0.2) is 9.07 Å². The first-order valence-corrected chi connectivity index (χ1v) is 8.39. The monoisotopic (exact) mass is 369 g/mol. The molecule has 1 amide bonds. The maximum atomic E-state index is 13.1. The number of aromatic nitrogens is 2. The van der Waals surface area contributed by atoms with Crippen molar-refractivity contribution in [2.75, 3.05) is 5.32 Å².